The molecular weight excluding hydrogens is 314 g/mol. The second-order valence-electron chi connectivity index (χ2n) is 4.53. The van der Waals surface area contributed by atoms with Gasteiger partial charge in [0.15, 0.2) is 0 Å². The zero-order chi connectivity index (χ0) is 13.5. The molecule has 0 heterocycles. The molecule has 0 aliphatic carbocycles. The van der Waals surface area contributed by atoms with Gasteiger partial charge in [-0.25, -0.2) is 0 Å². The predicted molar refractivity (Wildman–Crippen MR) is 81.8 cm³/mol. The second-order valence-corrected chi connectivity index (χ2v) is 5.85. The minimum atomic E-state index is 0.542. The second kappa shape index (κ2) is 8.03. The van der Waals surface area contributed by atoms with Crippen LogP contribution in [0.5, 0.6) is 5.75 Å². The molecule has 0 amide bonds. The molecule has 4 heteroatoms. The molecule has 0 saturated heterocycles. The largest absolute Gasteiger partial charge is 0.490 e. The van der Waals surface area contributed by atoms with Crippen molar-refractivity contribution in [3.8, 4) is 5.75 Å². The maximum atomic E-state index is 6.15. The molecule has 0 aliphatic rings. The number of benzene rings is 1. The smallest absolute Gasteiger partial charge is 0.140 e. The van der Waals surface area contributed by atoms with Gasteiger partial charge in [0, 0.05) is 17.1 Å². The van der Waals surface area contributed by atoms with Gasteiger partial charge >= 0.3 is 0 Å². The average molecular weight is 335 g/mol. The van der Waals surface area contributed by atoms with Gasteiger partial charge in [0.05, 0.1) is 5.02 Å². The van der Waals surface area contributed by atoms with Crippen molar-refractivity contribution in [2.24, 2.45) is 0 Å². The lowest BCUT2D eigenvalue weighted by atomic mass is 10.2. The highest BCUT2D eigenvalue weighted by atomic mass is 79.9. The number of ether oxygens (including phenoxy) is 1. The minimum absolute atomic E-state index is 0.542. The first-order valence-electron chi connectivity index (χ1n) is 6.36. The summed E-state index contributed by atoms with van der Waals surface area (Å²) in [6.45, 7) is 7.86. The molecule has 1 aromatic rings. The Morgan fingerprint density at radius 2 is 2.17 bits per heavy atom. The van der Waals surface area contributed by atoms with E-state index in [9.17, 15) is 0 Å². The lowest BCUT2D eigenvalue weighted by molar-refractivity contribution is 0.303. The maximum absolute atomic E-state index is 6.15. The van der Waals surface area contributed by atoms with Crippen LogP contribution >= 0.6 is 27.5 Å². The first-order valence-corrected chi connectivity index (χ1v) is 7.53. The Bertz CT molecular complexity index is 361. The third-order valence-electron chi connectivity index (χ3n) is 2.76. The average Bonchev–Trinajstić information content (AvgIpc) is 2.27. The van der Waals surface area contributed by atoms with Crippen molar-refractivity contribution in [1.82, 2.24) is 5.32 Å². The van der Waals surface area contributed by atoms with E-state index in [1.807, 2.05) is 19.1 Å². The van der Waals surface area contributed by atoms with E-state index < -0.39 is 0 Å². The van der Waals surface area contributed by atoms with Gasteiger partial charge in [-0.3, -0.25) is 0 Å². The van der Waals surface area contributed by atoms with E-state index in [0.29, 0.717) is 17.7 Å². The summed E-state index contributed by atoms with van der Waals surface area (Å²) in [4.78, 5) is 0. The van der Waals surface area contributed by atoms with Crippen molar-refractivity contribution in [2.45, 2.75) is 39.7 Å². The van der Waals surface area contributed by atoms with Crippen molar-refractivity contribution in [1.29, 1.82) is 0 Å². The van der Waals surface area contributed by atoms with Gasteiger partial charge in [-0.15, -0.1) is 0 Å². The molecule has 0 bridgehead atoms. The Hall–Kier alpha value is -0.250. The van der Waals surface area contributed by atoms with E-state index in [0.717, 1.165) is 22.3 Å². The lowest BCUT2D eigenvalue weighted by Crippen LogP contribution is -2.30. The Balaban J connectivity index is 2.40. The summed E-state index contributed by atoms with van der Waals surface area (Å²) in [6.07, 6.45) is 2.39. The topological polar surface area (TPSA) is 21.3 Å². The summed E-state index contributed by atoms with van der Waals surface area (Å²) in [5, 5.41) is 4.08. The fraction of sp³-hybridized carbons (Fsp3) is 0.571. The standard InChI is InChI=1S/C14H21BrClNO/c1-4-5-11(3)17-6-7-18-14-10(2)8-12(15)9-13(14)16/h8-9,11,17H,4-7H2,1-3H3. The van der Waals surface area contributed by atoms with Gasteiger partial charge in [0.25, 0.3) is 0 Å². The van der Waals surface area contributed by atoms with Crippen LogP contribution in [-0.2, 0) is 0 Å². The fourth-order valence-electron chi connectivity index (χ4n) is 1.87. The van der Waals surface area contributed by atoms with Crippen LogP contribution in [0.15, 0.2) is 16.6 Å². The summed E-state index contributed by atoms with van der Waals surface area (Å²) in [5.41, 5.74) is 1.05. The van der Waals surface area contributed by atoms with E-state index in [1.54, 1.807) is 0 Å². The SMILES string of the molecule is CCCC(C)NCCOc1c(C)cc(Br)cc1Cl. The Morgan fingerprint density at radius 1 is 1.44 bits per heavy atom. The van der Waals surface area contributed by atoms with E-state index in [4.69, 9.17) is 16.3 Å². The number of nitrogens with one attached hydrogen (secondary N) is 1. The van der Waals surface area contributed by atoms with Gasteiger partial charge in [0.1, 0.15) is 12.4 Å². The molecule has 1 atom stereocenters. The summed E-state index contributed by atoms with van der Waals surface area (Å²) in [5.74, 6) is 0.782. The van der Waals surface area contributed by atoms with Crippen LogP contribution in [-0.4, -0.2) is 19.2 Å². The van der Waals surface area contributed by atoms with Crippen LogP contribution in [0.2, 0.25) is 5.02 Å². The Morgan fingerprint density at radius 3 is 2.78 bits per heavy atom. The molecule has 18 heavy (non-hydrogen) atoms. The van der Waals surface area contributed by atoms with Gasteiger partial charge in [-0.2, -0.15) is 0 Å². The van der Waals surface area contributed by atoms with Gasteiger partial charge in [-0.1, -0.05) is 40.9 Å². The van der Waals surface area contributed by atoms with Crippen molar-refractivity contribution in [2.75, 3.05) is 13.2 Å². The monoisotopic (exact) mass is 333 g/mol. The molecule has 102 valence electrons. The Kier molecular flexibility index (Phi) is 7.05. The van der Waals surface area contributed by atoms with Gasteiger partial charge in [-0.05, 0) is 38.0 Å². The number of halogens is 2. The predicted octanol–water partition coefficient (Wildman–Crippen LogP) is 4.57. The van der Waals surface area contributed by atoms with Crippen LogP contribution in [0.3, 0.4) is 0 Å². The fourth-order valence-corrected chi connectivity index (χ4v) is 2.89. The van der Waals surface area contributed by atoms with Crippen molar-refractivity contribution < 1.29 is 4.74 Å². The van der Waals surface area contributed by atoms with Gasteiger partial charge < -0.3 is 10.1 Å². The van der Waals surface area contributed by atoms with Crippen molar-refractivity contribution >= 4 is 27.5 Å². The molecule has 1 N–H and O–H groups in total. The first-order chi connectivity index (χ1) is 8.54. The van der Waals surface area contributed by atoms with E-state index in [-0.39, 0.29) is 0 Å². The molecule has 1 aromatic carbocycles. The third-order valence-corrected chi connectivity index (χ3v) is 3.50. The summed E-state index contributed by atoms with van der Waals surface area (Å²) in [7, 11) is 0. The van der Waals surface area contributed by atoms with Crippen LogP contribution in [0, 0.1) is 6.92 Å². The molecule has 0 spiro atoms. The molecule has 1 rings (SSSR count). The molecular formula is C14H21BrClNO. The normalized spacial score (nSPS) is 12.5. The Labute approximate surface area is 123 Å². The van der Waals surface area contributed by atoms with Crippen LogP contribution in [0.1, 0.15) is 32.3 Å². The molecule has 0 radical (unpaired) electrons. The van der Waals surface area contributed by atoms with E-state index in [1.165, 1.54) is 12.8 Å². The number of hydrogen-bond acceptors (Lipinski definition) is 2. The first kappa shape index (κ1) is 15.8. The molecule has 0 fully saturated rings. The molecule has 0 saturated carbocycles. The molecule has 0 aromatic heterocycles. The minimum Gasteiger partial charge on any atom is -0.490 e. The zero-order valence-electron chi connectivity index (χ0n) is 11.2. The van der Waals surface area contributed by atoms with Crippen molar-refractivity contribution in [3.05, 3.63) is 27.2 Å². The molecule has 1 unspecified atom stereocenters. The van der Waals surface area contributed by atoms with Crippen LogP contribution < -0.4 is 10.1 Å². The highest BCUT2D eigenvalue weighted by Crippen LogP contribution is 2.31. The van der Waals surface area contributed by atoms with Gasteiger partial charge in [0.2, 0.25) is 0 Å². The van der Waals surface area contributed by atoms with E-state index >= 15 is 0 Å². The number of aryl methyl sites for hydroxylation is 1. The van der Waals surface area contributed by atoms with Crippen LogP contribution in [0.4, 0.5) is 0 Å². The maximum Gasteiger partial charge on any atom is 0.140 e. The highest BCUT2D eigenvalue weighted by molar-refractivity contribution is 9.10. The summed E-state index contributed by atoms with van der Waals surface area (Å²) in [6, 6.07) is 4.41. The zero-order valence-corrected chi connectivity index (χ0v) is 13.6. The summed E-state index contributed by atoms with van der Waals surface area (Å²) < 4.78 is 6.71. The van der Waals surface area contributed by atoms with E-state index in [2.05, 4.69) is 35.1 Å². The highest BCUT2D eigenvalue weighted by Gasteiger charge is 2.07. The van der Waals surface area contributed by atoms with Crippen molar-refractivity contribution in [3.63, 3.8) is 0 Å². The van der Waals surface area contributed by atoms with Crippen LogP contribution in [0.25, 0.3) is 0 Å². The number of rotatable bonds is 7. The lowest BCUT2D eigenvalue weighted by Gasteiger charge is -2.15. The third kappa shape index (κ3) is 5.17. The quantitative estimate of drug-likeness (QED) is 0.738. The molecule has 0 aliphatic heterocycles. The number of hydrogen-bond donors (Lipinski definition) is 1. The molecule has 2 nitrogen and oxygen atoms in total. The summed E-state index contributed by atoms with van der Waals surface area (Å²) >= 11 is 9.56.